The van der Waals surface area contributed by atoms with Crippen LogP contribution in [0.25, 0.3) is 0 Å². The SMILES string of the molecule is CCOC(=O)c1c(NC(=O)c2ccccc2Br)sc(C(=O)OC(C)(C)C)c1C. The van der Waals surface area contributed by atoms with Gasteiger partial charge in [-0.1, -0.05) is 12.1 Å². The van der Waals surface area contributed by atoms with E-state index in [-0.39, 0.29) is 22.0 Å². The topological polar surface area (TPSA) is 81.7 Å². The minimum absolute atomic E-state index is 0.160. The smallest absolute Gasteiger partial charge is 0.349 e. The molecule has 0 saturated carbocycles. The number of carbonyl (C=O) groups is 3. The molecule has 1 N–H and O–H groups in total. The van der Waals surface area contributed by atoms with E-state index in [1.807, 2.05) is 0 Å². The van der Waals surface area contributed by atoms with Gasteiger partial charge in [0.1, 0.15) is 15.5 Å². The van der Waals surface area contributed by atoms with Crippen molar-refractivity contribution >= 4 is 50.1 Å². The van der Waals surface area contributed by atoms with E-state index in [2.05, 4.69) is 21.2 Å². The van der Waals surface area contributed by atoms with E-state index in [9.17, 15) is 14.4 Å². The Morgan fingerprint density at radius 2 is 1.79 bits per heavy atom. The average molecular weight is 468 g/mol. The van der Waals surface area contributed by atoms with E-state index in [4.69, 9.17) is 9.47 Å². The molecule has 0 aliphatic rings. The molecule has 0 aliphatic carbocycles. The van der Waals surface area contributed by atoms with E-state index in [0.29, 0.717) is 15.6 Å². The summed E-state index contributed by atoms with van der Waals surface area (Å²) in [6, 6.07) is 6.92. The molecule has 1 amide bonds. The maximum atomic E-state index is 12.7. The van der Waals surface area contributed by atoms with Gasteiger partial charge in [0, 0.05) is 4.47 Å². The van der Waals surface area contributed by atoms with E-state index in [0.717, 1.165) is 11.3 Å². The molecule has 2 aromatic rings. The summed E-state index contributed by atoms with van der Waals surface area (Å²) in [7, 11) is 0. The third-order valence-corrected chi connectivity index (χ3v) is 5.43. The molecular formula is C20H22BrNO5S. The Morgan fingerprint density at radius 3 is 2.36 bits per heavy atom. The molecule has 150 valence electrons. The second-order valence-corrected chi connectivity index (χ2v) is 8.79. The van der Waals surface area contributed by atoms with Gasteiger partial charge in [-0.25, -0.2) is 9.59 Å². The molecule has 2 rings (SSSR count). The van der Waals surface area contributed by atoms with E-state index in [1.165, 1.54) is 0 Å². The Bertz CT molecular complexity index is 914. The first-order chi connectivity index (χ1) is 13.0. The second-order valence-electron chi connectivity index (χ2n) is 6.92. The van der Waals surface area contributed by atoms with Gasteiger partial charge in [0.05, 0.1) is 17.7 Å². The first-order valence-corrected chi connectivity index (χ1v) is 10.3. The lowest BCUT2D eigenvalue weighted by molar-refractivity contribution is 0.00744. The number of hydrogen-bond donors (Lipinski definition) is 1. The number of hydrogen-bond acceptors (Lipinski definition) is 6. The van der Waals surface area contributed by atoms with Crippen molar-refractivity contribution in [3.05, 3.63) is 50.3 Å². The summed E-state index contributed by atoms with van der Waals surface area (Å²) < 4.78 is 11.1. The van der Waals surface area contributed by atoms with Crippen molar-refractivity contribution in [1.29, 1.82) is 0 Å². The zero-order valence-electron chi connectivity index (χ0n) is 16.3. The van der Waals surface area contributed by atoms with Crippen molar-refractivity contribution in [2.24, 2.45) is 0 Å². The van der Waals surface area contributed by atoms with Crippen molar-refractivity contribution in [2.75, 3.05) is 11.9 Å². The fourth-order valence-electron chi connectivity index (χ4n) is 2.39. The highest BCUT2D eigenvalue weighted by molar-refractivity contribution is 9.10. The van der Waals surface area contributed by atoms with Crippen molar-refractivity contribution in [3.8, 4) is 0 Å². The molecule has 0 bridgehead atoms. The van der Waals surface area contributed by atoms with Gasteiger partial charge in [0.25, 0.3) is 5.91 Å². The van der Waals surface area contributed by atoms with Crippen LogP contribution in [0.5, 0.6) is 0 Å². The molecule has 8 heteroatoms. The van der Waals surface area contributed by atoms with E-state index in [1.54, 1.807) is 58.9 Å². The molecule has 0 saturated heterocycles. The monoisotopic (exact) mass is 467 g/mol. The Morgan fingerprint density at radius 1 is 1.14 bits per heavy atom. The Hall–Kier alpha value is -2.19. The van der Waals surface area contributed by atoms with Crippen LogP contribution in [0.4, 0.5) is 5.00 Å². The third-order valence-electron chi connectivity index (χ3n) is 3.56. The van der Waals surface area contributed by atoms with Crippen molar-refractivity contribution < 1.29 is 23.9 Å². The van der Waals surface area contributed by atoms with Gasteiger partial charge in [-0.3, -0.25) is 4.79 Å². The zero-order chi connectivity index (χ0) is 21.1. The summed E-state index contributed by atoms with van der Waals surface area (Å²) in [4.78, 5) is 38.0. The number of halogens is 1. The number of thiophene rings is 1. The summed E-state index contributed by atoms with van der Waals surface area (Å²) in [5, 5.41) is 2.97. The Kier molecular flexibility index (Phi) is 7.01. The number of benzene rings is 1. The summed E-state index contributed by atoms with van der Waals surface area (Å²) in [6.45, 7) is 8.78. The lowest BCUT2D eigenvalue weighted by atomic mass is 10.1. The van der Waals surface area contributed by atoms with Crippen molar-refractivity contribution in [3.63, 3.8) is 0 Å². The van der Waals surface area contributed by atoms with Crippen LogP contribution < -0.4 is 5.32 Å². The lowest BCUT2D eigenvalue weighted by Gasteiger charge is -2.19. The molecule has 6 nitrogen and oxygen atoms in total. The highest BCUT2D eigenvalue weighted by atomic mass is 79.9. The van der Waals surface area contributed by atoms with Crippen LogP contribution in [0.2, 0.25) is 0 Å². The summed E-state index contributed by atoms with van der Waals surface area (Å²) >= 11 is 4.33. The molecule has 1 heterocycles. The van der Waals surface area contributed by atoms with Gasteiger partial charge < -0.3 is 14.8 Å². The number of rotatable bonds is 5. The molecule has 1 aromatic carbocycles. The molecule has 28 heavy (non-hydrogen) atoms. The van der Waals surface area contributed by atoms with Crippen LogP contribution in [0, 0.1) is 6.92 Å². The fraction of sp³-hybridized carbons (Fsp3) is 0.350. The first-order valence-electron chi connectivity index (χ1n) is 8.65. The minimum atomic E-state index is -0.685. The predicted octanol–water partition coefficient (Wildman–Crippen LogP) is 5.20. The van der Waals surface area contributed by atoms with E-state index < -0.39 is 23.4 Å². The molecule has 0 fully saturated rings. The van der Waals surface area contributed by atoms with Crippen LogP contribution in [0.1, 0.15) is 63.6 Å². The van der Waals surface area contributed by atoms with Crippen LogP contribution in [-0.2, 0) is 9.47 Å². The van der Waals surface area contributed by atoms with Crippen LogP contribution in [0.15, 0.2) is 28.7 Å². The molecule has 0 spiro atoms. The normalized spacial score (nSPS) is 11.1. The van der Waals surface area contributed by atoms with Gasteiger partial charge in [-0.05, 0) is 68.2 Å². The van der Waals surface area contributed by atoms with Gasteiger partial charge in [0.15, 0.2) is 0 Å². The maximum Gasteiger partial charge on any atom is 0.349 e. The average Bonchev–Trinajstić information content (AvgIpc) is 2.90. The molecule has 0 radical (unpaired) electrons. The number of nitrogens with one attached hydrogen (secondary N) is 1. The largest absolute Gasteiger partial charge is 0.462 e. The molecule has 0 unspecified atom stereocenters. The van der Waals surface area contributed by atoms with Gasteiger partial charge in [-0.2, -0.15) is 0 Å². The number of amides is 1. The minimum Gasteiger partial charge on any atom is -0.462 e. The predicted molar refractivity (Wildman–Crippen MR) is 112 cm³/mol. The van der Waals surface area contributed by atoms with Gasteiger partial charge in [0.2, 0.25) is 0 Å². The van der Waals surface area contributed by atoms with Crippen molar-refractivity contribution in [2.45, 2.75) is 40.2 Å². The quantitative estimate of drug-likeness (QED) is 0.610. The van der Waals surface area contributed by atoms with Crippen LogP contribution >= 0.6 is 27.3 Å². The molecule has 0 atom stereocenters. The van der Waals surface area contributed by atoms with Crippen molar-refractivity contribution in [1.82, 2.24) is 0 Å². The number of esters is 2. The lowest BCUT2D eigenvalue weighted by Crippen LogP contribution is -2.23. The summed E-state index contributed by atoms with van der Waals surface area (Å²) in [5.41, 5.74) is 0.297. The van der Waals surface area contributed by atoms with Crippen LogP contribution in [0.3, 0.4) is 0 Å². The summed E-state index contributed by atoms with van der Waals surface area (Å²) in [6.07, 6.45) is 0. The van der Waals surface area contributed by atoms with Gasteiger partial charge >= 0.3 is 11.9 Å². The first kappa shape index (κ1) is 22.1. The Labute approximate surface area is 176 Å². The summed E-state index contributed by atoms with van der Waals surface area (Å²) in [5.74, 6) is -1.56. The molecule has 0 aliphatic heterocycles. The van der Waals surface area contributed by atoms with E-state index >= 15 is 0 Å². The number of anilines is 1. The van der Waals surface area contributed by atoms with Gasteiger partial charge in [-0.15, -0.1) is 11.3 Å². The number of carbonyl (C=O) groups excluding carboxylic acids is 3. The second kappa shape index (κ2) is 8.87. The molecule has 1 aromatic heterocycles. The highest BCUT2D eigenvalue weighted by Crippen LogP contribution is 2.35. The Balaban J connectivity index is 2.45. The number of ether oxygens (including phenoxy) is 2. The third kappa shape index (κ3) is 5.20. The maximum absolute atomic E-state index is 12.7. The highest BCUT2D eigenvalue weighted by Gasteiger charge is 2.29. The standard InChI is InChI=1S/C20H22BrNO5S/c1-6-26-18(24)14-11(2)15(19(25)27-20(3,4)5)28-17(14)22-16(23)12-9-7-8-10-13(12)21/h7-10H,6H2,1-5H3,(H,22,23). The van der Waals surface area contributed by atoms with Crippen LogP contribution in [-0.4, -0.2) is 30.1 Å². The zero-order valence-corrected chi connectivity index (χ0v) is 18.7. The molecular weight excluding hydrogens is 446 g/mol. The fourth-order valence-corrected chi connectivity index (χ4v) is 3.92.